The van der Waals surface area contributed by atoms with Gasteiger partial charge in [-0.1, -0.05) is 5.21 Å². The molecule has 154 valence electrons. The Kier molecular flexibility index (Phi) is 8.02. The Morgan fingerprint density at radius 1 is 1.07 bits per heavy atom. The van der Waals surface area contributed by atoms with Gasteiger partial charge in [0.05, 0.1) is 34.1 Å². The lowest BCUT2D eigenvalue weighted by atomic mass is 10.2. The van der Waals surface area contributed by atoms with Gasteiger partial charge < -0.3 is 29.0 Å². The van der Waals surface area contributed by atoms with Crippen molar-refractivity contribution in [2.75, 3.05) is 39.9 Å². The molecule has 0 atom stereocenters. The average Bonchev–Trinajstić information content (AvgIpc) is 3.16. The van der Waals surface area contributed by atoms with Crippen molar-refractivity contribution >= 4 is 11.6 Å². The van der Waals surface area contributed by atoms with E-state index in [0.717, 1.165) is 0 Å². The molecule has 10 heteroatoms. The highest BCUT2D eigenvalue weighted by Gasteiger charge is 2.18. The second-order valence-electron chi connectivity index (χ2n) is 5.53. The first-order valence-corrected chi connectivity index (χ1v) is 8.80. The molecule has 0 spiro atoms. The van der Waals surface area contributed by atoms with E-state index in [1.54, 1.807) is 12.1 Å². The topological polar surface area (TPSA) is 106 Å². The number of nitrogens with zero attached hydrogens (tertiary/aromatic N) is 3. The summed E-state index contributed by atoms with van der Waals surface area (Å²) in [5.41, 5.74) is 0.621. The Morgan fingerprint density at radius 3 is 2.18 bits per heavy atom. The molecular formula is C18H26N4O6. The minimum Gasteiger partial charge on any atom is -0.493 e. The molecule has 1 N–H and O–H groups in total. The predicted molar refractivity (Wildman–Crippen MR) is 101 cm³/mol. The highest BCUT2D eigenvalue weighted by molar-refractivity contribution is 6.02. The molecular weight excluding hydrogens is 368 g/mol. The van der Waals surface area contributed by atoms with Crippen molar-refractivity contribution in [2.45, 2.75) is 26.7 Å². The number of ether oxygens (including phenoxy) is 5. The van der Waals surface area contributed by atoms with Gasteiger partial charge in [-0.05, 0) is 13.8 Å². The fourth-order valence-corrected chi connectivity index (χ4v) is 2.52. The first-order chi connectivity index (χ1) is 13.6. The third kappa shape index (κ3) is 5.33. The number of carbonyl (C=O) groups excluding carboxylic acids is 1. The lowest BCUT2D eigenvalue weighted by molar-refractivity contribution is -0.145. The van der Waals surface area contributed by atoms with Crippen LogP contribution in [0.1, 0.15) is 24.3 Å². The summed E-state index contributed by atoms with van der Waals surface area (Å²) >= 11 is 0. The number of rotatable bonds is 11. The molecule has 1 heterocycles. The number of methoxy groups -OCH3 is 3. The zero-order valence-corrected chi connectivity index (χ0v) is 16.7. The average molecular weight is 394 g/mol. The van der Waals surface area contributed by atoms with E-state index in [-0.39, 0.29) is 5.69 Å². The summed E-state index contributed by atoms with van der Waals surface area (Å²) in [6, 6.07) is 3.26. The van der Waals surface area contributed by atoms with Crippen LogP contribution in [-0.4, -0.2) is 61.7 Å². The van der Waals surface area contributed by atoms with E-state index in [4.69, 9.17) is 23.7 Å². The van der Waals surface area contributed by atoms with Crippen LogP contribution in [0, 0.1) is 0 Å². The number of anilines is 1. The van der Waals surface area contributed by atoms with Gasteiger partial charge in [-0.2, -0.15) is 0 Å². The van der Waals surface area contributed by atoms with E-state index in [2.05, 4.69) is 15.6 Å². The van der Waals surface area contributed by atoms with Crippen LogP contribution in [0.2, 0.25) is 0 Å². The van der Waals surface area contributed by atoms with Crippen LogP contribution >= 0.6 is 0 Å². The number of hydrogen-bond acceptors (Lipinski definition) is 8. The van der Waals surface area contributed by atoms with Gasteiger partial charge in [0.25, 0.3) is 5.91 Å². The maximum atomic E-state index is 12.5. The first-order valence-electron chi connectivity index (χ1n) is 8.80. The summed E-state index contributed by atoms with van der Waals surface area (Å²) in [6.07, 6.45) is 1.07. The lowest BCUT2D eigenvalue weighted by Gasteiger charge is -2.16. The predicted octanol–water partition coefficient (Wildman–Crippen LogP) is 1.96. The molecule has 2 aromatic rings. The smallest absolute Gasteiger partial charge is 0.277 e. The zero-order valence-electron chi connectivity index (χ0n) is 16.7. The molecule has 0 bridgehead atoms. The molecule has 28 heavy (non-hydrogen) atoms. The SMILES string of the molecule is CCOC(Cn1cc(C(=O)Nc2cc(OC)c(OC)c(OC)c2)nn1)OCC. The van der Waals surface area contributed by atoms with Gasteiger partial charge in [-0.15, -0.1) is 5.10 Å². The van der Waals surface area contributed by atoms with Gasteiger partial charge in [-0.25, -0.2) is 4.68 Å². The minimum absolute atomic E-state index is 0.153. The standard InChI is InChI=1S/C18H26N4O6/c1-6-27-16(28-7-2)11-22-10-13(20-21-22)18(23)19-12-8-14(24-3)17(26-5)15(9-12)25-4/h8-10,16H,6-7,11H2,1-5H3,(H,19,23). The second-order valence-corrected chi connectivity index (χ2v) is 5.53. The van der Waals surface area contributed by atoms with E-state index in [0.29, 0.717) is 42.7 Å². The maximum Gasteiger partial charge on any atom is 0.277 e. The Labute approximate surface area is 163 Å². The van der Waals surface area contributed by atoms with E-state index < -0.39 is 12.2 Å². The van der Waals surface area contributed by atoms with E-state index in [1.807, 2.05) is 13.8 Å². The van der Waals surface area contributed by atoms with Crippen molar-refractivity contribution in [3.8, 4) is 17.2 Å². The molecule has 1 aromatic carbocycles. The quantitative estimate of drug-likeness (QED) is 0.577. The zero-order chi connectivity index (χ0) is 20.5. The van der Waals surface area contributed by atoms with Crippen LogP contribution in [0.4, 0.5) is 5.69 Å². The summed E-state index contributed by atoms with van der Waals surface area (Å²) in [5, 5.41) is 10.6. The molecule has 2 rings (SSSR count). The Balaban J connectivity index is 2.12. The Hall–Kier alpha value is -2.85. The molecule has 10 nitrogen and oxygen atoms in total. The molecule has 1 aromatic heterocycles. The van der Waals surface area contributed by atoms with Crippen LogP contribution in [0.5, 0.6) is 17.2 Å². The number of carbonyl (C=O) groups is 1. The fraction of sp³-hybridized carbons (Fsp3) is 0.500. The summed E-state index contributed by atoms with van der Waals surface area (Å²) in [4.78, 5) is 12.5. The molecule has 0 aliphatic heterocycles. The lowest BCUT2D eigenvalue weighted by Crippen LogP contribution is -2.24. The summed E-state index contributed by atoms with van der Waals surface area (Å²) in [5.74, 6) is 0.867. The molecule has 0 unspecified atom stereocenters. The monoisotopic (exact) mass is 394 g/mol. The van der Waals surface area contributed by atoms with Crippen LogP contribution < -0.4 is 19.5 Å². The first kappa shape index (κ1) is 21.5. The fourth-order valence-electron chi connectivity index (χ4n) is 2.52. The minimum atomic E-state index is -0.456. The number of nitrogens with one attached hydrogen (secondary N) is 1. The second kappa shape index (κ2) is 10.5. The van der Waals surface area contributed by atoms with Crippen molar-refractivity contribution in [3.05, 3.63) is 24.0 Å². The number of hydrogen-bond donors (Lipinski definition) is 1. The molecule has 0 aliphatic rings. The van der Waals surface area contributed by atoms with E-state index in [1.165, 1.54) is 32.2 Å². The molecule has 0 aliphatic carbocycles. The van der Waals surface area contributed by atoms with Crippen LogP contribution in [-0.2, 0) is 16.0 Å². The highest BCUT2D eigenvalue weighted by Crippen LogP contribution is 2.39. The van der Waals surface area contributed by atoms with Crippen molar-refractivity contribution in [1.82, 2.24) is 15.0 Å². The van der Waals surface area contributed by atoms with Crippen molar-refractivity contribution in [2.24, 2.45) is 0 Å². The normalized spacial score (nSPS) is 10.8. The Morgan fingerprint density at radius 2 is 1.68 bits per heavy atom. The van der Waals surface area contributed by atoms with Gasteiger partial charge in [0.1, 0.15) is 0 Å². The van der Waals surface area contributed by atoms with Crippen LogP contribution in [0.15, 0.2) is 18.3 Å². The van der Waals surface area contributed by atoms with Crippen molar-refractivity contribution in [1.29, 1.82) is 0 Å². The number of benzene rings is 1. The molecule has 0 saturated heterocycles. The summed E-state index contributed by atoms with van der Waals surface area (Å²) in [6.45, 7) is 5.10. The molecule has 0 fully saturated rings. The largest absolute Gasteiger partial charge is 0.493 e. The van der Waals surface area contributed by atoms with Crippen molar-refractivity contribution < 1.29 is 28.5 Å². The van der Waals surface area contributed by atoms with Gasteiger partial charge >= 0.3 is 0 Å². The van der Waals surface area contributed by atoms with Gasteiger partial charge in [0.2, 0.25) is 5.75 Å². The van der Waals surface area contributed by atoms with Crippen LogP contribution in [0.3, 0.4) is 0 Å². The Bertz CT molecular complexity index is 748. The molecule has 0 radical (unpaired) electrons. The third-order valence-electron chi connectivity index (χ3n) is 3.74. The molecule has 1 amide bonds. The van der Waals surface area contributed by atoms with E-state index >= 15 is 0 Å². The third-order valence-corrected chi connectivity index (χ3v) is 3.74. The number of aromatic nitrogens is 3. The number of amides is 1. The summed E-state index contributed by atoms with van der Waals surface area (Å²) < 4.78 is 28.3. The molecule has 0 saturated carbocycles. The maximum absolute atomic E-state index is 12.5. The van der Waals surface area contributed by atoms with Gasteiger partial charge in [0, 0.05) is 31.0 Å². The van der Waals surface area contributed by atoms with E-state index in [9.17, 15) is 4.79 Å². The van der Waals surface area contributed by atoms with Gasteiger partial charge in [0.15, 0.2) is 23.5 Å². The highest BCUT2D eigenvalue weighted by atomic mass is 16.7. The van der Waals surface area contributed by atoms with Crippen LogP contribution in [0.25, 0.3) is 0 Å². The summed E-state index contributed by atoms with van der Waals surface area (Å²) in [7, 11) is 4.51. The van der Waals surface area contributed by atoms with Crippen molar-refractivity contribution in [3.63, 3.8) is 0 Å². The van der Waals surface area contributed by atoms with Gasteiger partial charge in [-0.3, -0.25) is 4.79 Å².